The fourth-order valence-corrected chi connectivity index (χ4v) is 3.85. The van der Waals surface area contributed by atoms with Crippen LogP contribution in [0.25, 0.3) is 0 Å². The van der Waals surface area contributed by atoms with E-state index in [-0.39, 0.29) is 15.6 Å². The van der Waals surface area contributed by atoms with Gasteiger partial charge < -0.3 is 9.84 Å². The Morgan fingerprint density at radius 3 is 2.21 bits per heavy atom. The van der Waals surface area contributed by atoms with Gasteiger partial charge in [0, 0.05) is 0 Å². The molecule has 3 rings (SSSR count). The van der Waals surface area contributed by atoms with E-state index in [1.54, 1.807) is 25.1 Å². The Morgan fingerprint density at radius 1 is 1.00 bits per heavy atom. The van der Waals surface area contributed by atoms with Crippen LogP contribution in [-0.4, -0.2) is 25.6 Å². The molecule has 6 heteroatoms. The van der Waals surface area contributed by atoms with Gasteiger partial charge in [0.2, 0.25) is 9.84 Å². The zero-order valence-electron chi connectivity index (χ0n) is 12.9. The fourth-order valence-electron chi connectivity index (χ4n) is 2.57. The van der Waals surface area contributed by atoms with E-state index >= 15 is 0 Å². The van der Waals surface area contributed by atoms with Crippen LogP contribution in [0, 0.1) is 0 Å². The number of benzene rings is 2. The van der Waals surface area contributed by atoms with E-state index in [0.29, 0.717) is 5.56 Å². The number of aliphatic hydroxyl groups excluding tert-OH is 1. The molecule has 124 valence electrons. The van der Waals surface area contributed by atoms with E-state index in [4.69, 9.17) is 4.74 Å². The predicted octanol–water partition coefficient (Wildman–Crippen LogP) is 2.21. The molecule has 0 radical (unpaired) electrons. The Labute approximate surface area is 140 Å². The molecule has 2 aromatic carbocycles. The average molecular weight is 344 g/mol. The molecule has 0 saturated heterocycles. The largest absolute Gasteiger partial charge is 0.365 e. The molecular formula is C18H16O5S. The first-order chi connectivity index (χ1) is 11.3. The molecular weight excluding hydrogens is 328 g/mol. The molecule has 1 aliphatic heterocycles. The molecule has 5 nitrogen and oxygen atoms in total. The van der Waals surface area contributed by atoms with Crippen LogP contribution in [0.4, 0.5) is 0 Å². The maximum absolute atomic E-state index is 12.6. The van der Waals surface area contributed by atoms with Crippen molar-refractivity contribution in [1.29, 1.82) is 0 Å². The van der Waals surface area contributed by atoms with Gasteiger partial charge in [0.25, 0.3) is 0 Å². The summed E-state index contributed by atoms with van der Waals surface area (Å²) in [6, 6.07) is 14.0. The number of carbonyl (C=O) groups is 1. The SMILES string of the molecule is C[C@@]1(c2ccc(S(=O)(=O)c3ccccc3)cc2)OC(O)C=CC1=O. The lowest BCUT2D eigenvalue weighted by atomic mass is 9.89. The lowest BCUT2D eigenvalue weighted by molar-refractivity contribution is -0.177. The van der Waals surface area contributed by atoms with Crippen molar-refractivity contribution in [3.63, 3.8) is 0 Å². The van der Waals surface area contributed by atoms with Crippen LogP contribution in [0.5, 0.6) is 0 Å². The van der Waals surface area contributed by atoms with Crippen LogP contribution in [0.3, 0.4) is 0 Å². The number of sulfone groups is 1. The molecule has 0 aromatic heterocycles. The van der Waals surface area contributed by atoms with Crippen LogP contribution in [-0.2, 0) is 25.0 Å². The zero-order valence-corrected chi connectivity index (χ0v) is 13.7. The molecule has 24 heavy (non-hydrogen) atoms. The summed E-state index contributed by atoms with van der Waals surface area (Å²) in [6.45, 7) is 1.54. The minimum Gasteiger partial charge on any atom is -0.365 e. The smallest absolute Gasteiger partial charge is 0.206 e. The third kappa shape index (κ3) is 2.80. The Balaban J connectivity index is 1.97. The van der Waals surface area contributed by atoms with Crippen LogP contribution in [0.15, 0.2) is 76.5 Å². The van der Waals surface area contributed by atoms with Gasteiger partial charge in [-0.3, -0.25) is 4.79 Å². The molecule has 2 atom stereocenters. The van der Waals surface area contributed by atoms with Gasteiger partial charge in [-0.25, -0.2) is 8.42 Å². The molecule has 1 heterocycles. The monoisotopic (exact) mass is 344 g/mol. The molecule has 1 N–H and O–H groups in total. The van der Waals surface area contributed by atoms with Crippen molar-refractivity contribution in [3.05, 3.63) is 72.3 Å². The Hall–Kier alpha value is -2.28. The van der Waals surface area contributed by atoms with Crippen LogP contribution >= 0.6 is 0 Å². The third-order valence-electron chi connectivity index (χ3n) is 4.01. The second-order valence-electron chi connectivity index (χ2n) is 5.61. The van der Waals surface area contributed by atoms with Crippen molar-refractivity contribution in [3.8, 4) is 0 Å². The summed E-state index contributed by atoms with van der Waals surface area (Å²) in [5, 5.41) is 9.60. The van der Waals surface area contributed by atoms with Crippen molar-refractivity contribution >= 4 is 15.6 Å². The minimum atomic E-state index is -3.62. The first kappa shape index (κ1) is 16.6. The molecule has 0 aliphatic carbocycles. The Kier molecular flexibility index (Phi) is 4.13. The van der Waals surface area contributed by atoms with Gasteiger partial charge in [0.05, 0.1) is 9.79 Å². The maximum Gasteiger partial charge on any atom is 0.206 e. The van der Waals surface area contributed by atoms with Gasteiger partial charge in [-0.2, -0.15) is 0 Å². The lowest BCUT2D eigenvalue weighted by Gasteiger charge is -2.32. The summed E-state index contributed by atoms with van der Waals surface area (Å²) in [7, 11) is -3.62. The molecule has 1 aliphatic rings. The van der Waals surface area contributed by atoms with Crippen LogP contribution < -0.4 is 0 Å². The zero-order chi connectivity index (χ0) is 17.4. The highest BCUT2D eigenvalue weighted by Crippen LogP contribution is 2.32. The Morgan fingerprint density at radius 2 is 1.58 bits per heavy atom. The summed E-state index contributed by atoms with van der Waals surface area (Å²) in [5.41, 5.74) is -0.869. The van der Waals surface area contributed by atoms with Gasteiger partial charge in [0.1, 0.15) is 0 Å². The van der Waals surface area contributed by atoms with Crippen molar-refractivity contribution < 1.29 is 23.1 Å². The van der Waals surface area contributed by atoms with Crippen molar-refractivity contribution in [2.24, 2.45) is 0 Å². The van der Waals surface area contributed by atoms with E-state index in [1.807, 2.05) is 0 Å². The lowest BCUT2D eigenvalue weighted by Crippen LogP contribution is -2.40. The molecule has 2 aromatic rings. The van der Waals surface area contributed by atoms with Gasteiger partial charge in [-0.15, -0.1) is 0 Å². The number of ketones is 1. The highest BCUT2D eigenvalue weighted by atomic mass is 32.2. The number of aliphatic hydroxyl groups is 1. The molecule has 0 saturated carbocycles. The maximum atomic E-state index is 12.6. The first-order valence-electron chi connectivity index (χ1n) is 7.33. The second-order valence-corrected chi connectivity index (χ2v) is 7.56. The van der Waals surface area contributed by atoms with E-state index in [0.717, 1.165) is 0 Å². The second kappa shape index (κ2) is 5.98. The summed E-state index contributed by atoms with van der Waals surface area (Å²) < 4.78 is 30.5. The van der Waals surface area contributed by atoms with E-state index in [1.165, 1.54) is 48.6 Å². The van der Waals surface area contributed by atoms with Crippen molar-refractivity contribution in [1.82, 2.24) is 0 Å². The van der Waals surface area contributed by atoms with Crippen molar-refractivity contribution in [2.45, 2.75) is 28.6 Å². The quantitative estimate of drug-likeness (QED) is 0.923. The summed E-state index contributed by atoms with van der Waals surface area (Å²) in [5.74, 6) is -0.313. The Bertz CT molecular complexity index is 885. The van der Waals surface area contributed by atoms with Gasteiger partial charge in [0.15, 0.2) is 17.7 Å². The number of carbonyl (C=O) groups excluding carboxylic acids is 1. The van der Waals surface area contributed by atoms with Crippen LogP contribution in [0.2, 0.25) is 0 Å². The van der Waals surface area contributed by atoms with E-state index in [9.17, 15) is 18.3 Å². The number of ether oxygens (including phenoxy) is 1. The number of hydrogen-bond acceptors (Lipinski definition) is 5. The molecule has 0 amide bonds. The molecule has 0 spiro atoms. The highest BCUT2D eigenvalue weighted by molar-refractivity contribution is 7.91. The highest BCUT2D eigenvalue weighted by Gasteiger charge is 2.39. The van der Waals surface area contributed by atoms with E-state index in [2.05, 4.69) is 0 Å². The standard InChI is InChI=1S/C18H16O5S/c1-18(16(19)11-12-17(20)23-18)13-7-9-15(10-8-13)24(21,22)14-5-3-2-4-6-14/h2-12,17,20H,1H3/t17?,18-/m0/s1. The number of rotatable bonds is 3. The fraction of sp³-hybridized carbons (Fsp3) is 0.167. The minimum absolute atomic E-state index is 0.125. The topological polar surface area (TPSA) is 80.7 Å². The summed E-state index contributed by atoms with van der Waals surface area (Å²) >= 11 is 0. The van der Waals surface area contributed by atoms with E-state index < -0.39 is 21.7 Å². The molecule has 0 fully saturated rings. The third-order valence-corrected chi connectivity index (χ3v) is 5.79. The van der Waals surface area contributed by atoms with Crippen LogP contribution in [0.1, 0.15) is 12.5 Å². The predicted molar refractivity (Wildman–Crippen MR) is 86.9 cm³/mol. The molecule has 0 bridgehead atoms. The van der Waals surface area contributed by atoms with Gasteiger partial charge >= 0.3 is 0 Å². The van der Waals surface area contributed by atoms with Gasteiger partial charge in [-0.05, 0) is 48.9 Å². The first-order valence-corrected chi connectivity index (χ1v) is 8.81. The average Bonchev–Trinajstić information content (AvgIpc) is 2.59. The normalized spacial score (nSPS) is 24.1. The summed E-state index contributed by atoms with van der Waals surface area (Å²) in [6.07, 6.45) is 1.35. The van der Waals surface area contributed by atoms with Gasteiger partial charge in [-0.1, -0.05) is 30.3 Å². The van der Waals surface area contributed by atoms with Crippen molar-refractivity contribution in [2.75, 3.05) is 0 Å². The molecule has 1 unspecified atom stereocenters. The summed E-state index contributed by atoms with van der Waals surface area (Å²) in [4.78, 5) is 12.5. The number of hydrogen-bond donors (Lipinski definition) is 1.